The van der Waals surface area contributed by atoms with Gasteiger partial charge in [0.2, 0.25) is 5.91 Å². The number of carboxylic acids is 1. The lowest BCUT2D eigenvalue weighted by Crippen LogP contribution is -2.63. The van der Waals surface area contributed by atoms with Crippen molar-refractivity contribution in [2.24, 2.45) is 11.7 Å². The molecule has 18 heavy (non-hydrogen) atoms. The van der Waals surface area contributed by atoms with E-state index in [0.29, 0.717) is 12.8 Å². The maximum Gasteiger partial charge on any atom is 0.329 e. The Bertz CT molecular complexity index is 363. The number of hydrogen-bond donors (Lipinski definition) is 4. The van der Waals surface area contributed by atoms with E-state index in [0.717, 1.165) is 6.42 Å². The Balaban J connectivity index is 2.60. The Labute approximate surface area is 105 Å². The van der Waals surface area contributed by atoms with E-state index in [9.17, 15) is 14.4 Å². The third kappa shape index (κ3) is 2.91. The number of aliphatic carboxylic acids is 1. The molecule has 1 atom stereocenters. The topological polar surface area (TPSA) is 122 Å². The fourth-order valence-electron chi connectivity index (χ4n) is 1.88. The zero-order chi connectivity index (χ0) is 13.9. The van der Waals surface area contributed by atoms with Crippen LogP contribution in [0.4, 0.5) is 4.79 Å². The minimum Gasteiger partial charge on any atom is -0.480 e. The lowest BCUT2D eigenvalue weighted by atomic mass is 9.77. The molecule has 0 aromatic rings. The number of hydrogen-bond acceptors (Lipinski definition) is 3. The zero-order valence-corrected chi connectivity index (χ0v) is 10.5. The van der Waals surface area contributed by atoms with Gasteiger partial charge in [0.25, 0.3) is 0 Å². The molecule has 1 unspecified atom stereocenters. The first-order valence-corrected chi connectivity index (χ1v) is 5.90. The molecule has 5 N–H and O–H groups in total. The largest absolute Gasteiger partial charge is 0.480 e. The highest BCUT2D eigenvalue weighted by Gasteiger charge is 2.46. The molecule has 0 radical (unpaired) electrons. The van der Waals surface area contributed by atoms with E-state index < -0.39 is 29.5 Å². The van der Waals surface area contributed by atoms with E-state index in [4.69, 9.17) is 10.8 Å². The van der Waals surface area contributed by atoms with Crippen molar-refractivity contribution in [2.45, 2.75) is 44.7 Å². The SMILES string of the molecule is CC(C)C(NC(=O)NC1(C(=O)O)CCC1)C(N)=O. The van der Waals surface area contributed by atoms with Crippen LogP contribution in [0.25, 0.3) is 0 Å². The molecule has 0 saturated heterocycles. The van der Waals surface area contributed by atoms with Crippen LogP contribution in [0, 0.1) is 5.92 Å². The zero-order valence-electron chi connectivity index (χ0n) is 10.5. The smallest absolute Gasteiger partial charge is 0.329 e. The summed E-state index contributed by atoms with van der Waals surface area (Å²) in [6, 6.07) is -1.48. The predicted molar refractivity (Wildman–Crippen MR) is 63.7 cm³/mol. The van der Waals surface area contributed by atoms with Gasteiger partial charge in [0.15, 0.2) is 0 Å². The summed E-state index contributed by atoms with van der Waals surface area (Å²) in [5.41, 5.74) is 3.97. The second-order valence-electron chi connectivity index (χ2n) is 4.96. The number of carbonyl (C=O) groups is 3. The summed E-state index contributed by atoms with van der Waals surface area (Å²) >= 11 is 0. The number of rotatable bonds is 5. The first kappa shape index (κ1) is 14.3. The van der Waals surface area contributed by atoms with Crippen molar-refractivity contribution in [3.63, 3.8) is 0 Å². The van der Waals surface area contributed by atoms with Crippen LogP contribution in [0.2, 0.25) is 0 Å². The summed E-state index contributed by atoms with van der Waals surface area (Å²) in [7, 11) is 0. The second-order valence-corrected chi connectivity index (χ2v) is 4.96. The Hall–Kier alpha value is -1.79. The minimum absolute atomic E-state index is 0.157. The van der Waals surface area contributed by atoms with Gasteiger partial charge < -0.3 is 21.5 Å². The maximum atomic E-state index is 11.7. The molecule has 1 saturated carbocycles. The summed E-state index contributed by atoms with van der Waals surface area (Å²) in [6.07, 6.45) is 1.56. The molecule has 1 rings (SSSR count). The van der Waals surface area contributed by atoms with Gasteiger partial charge in [-0.25, -0.2) is 9.59 Å². The molecule has 3 amide bonds. The van der Waals surface area contributed by atoms with Gasteiger partial charge in [-0.15, -0.1) is 0 Å². The molecular weight excluding hydrogens is 238 g/mol. The van der Waals surface area contributed by atoms with Gasteiger partial charge in [-0.05, 0) is 25.2 Å². The summed E-state index contributed by atoms with van der Waals surface area (Å²) in [5, 5.41) is 13.9. The van der Waals surface area contributed by atoms with Crippen LogP contribution in [0.15, 0.2) is 0 Å². The average molecular weight is 257 g/mol. The predicted octanol–water partition coefficient (Wildman–Crippen LogP) is -0.197. The minimum atomic E-state index is -1.19. The number of urea groups is 1. The molecule has 7 heteroatoms. The number of primary amides is 1. The second kappa shape index (κ2) is 5.24. The van der Waals surface area contributed by atoms with E-state index in [1.165, 1.54) is 0 Å². The number of carbonyl (C=O) groups excluding carboxylic acids is 2. The lowest BCUT2D eigenvalue weighted by Gasteiger charge is -2.38. The molecule has 1 fully saturated rings. The number of carboxylic acid groups (broad SMARTS) is 1. The van der Waals surface area contributed by atoms with Crippen LogP contribution < -0.4 is 16.4 Å². The quantitative estimate of drug-likeness (QED) is 0.545. The number of nitrogens with two attached hydrogens (primary N) is 1. The van der Waals surface area contributed by atoms with Gasteiger partial charge in [0.05, 0.1) is 0 Å². The van der Waals surface area contributed by atoms with Crippen molar-refractivity contribution < 1.29 is 19.5 Å². The van der Waals surface area contributed by atoms with Crippen LogP contribution in [-0.2, 0) is 9.59 Å². The van der Waals surface area contributed by atoms with E-state index in [-0.39, 0.29) is 5.92 Å². The van der Waals surface area contributed by atoms with E-state index in [1.54, 1.807) is 13.8 Å². The van der Waals surface area contributed by atoms with Crippen LogP contribution in [-0.4, -0.2) is 34.6 Å². The Morgan fingerprint density at radius 2 is 1.83 bits per heavy atom. The summed E-state index contributed by atoms with van der Waals surface area (Å²) < 4.78 is 0. The highest BCUT2D eigenvalue weighted by molar-refractivity contribution is 5.90. The van der Waals surface area contributed by atoms with Gasteiger partial charge in [-0.3, -0.25) is 4.79 Å². The van der Waals surface area contributed by atoms with E-state index in [2.05, 4.69) is 10.6 Å². The first-order chi connectivity index (χ1) is 8.28. The molecule has 0 aliphatic heterocycles. The third-order valence-electron chi connectivity index (χ3n) is 3.23. The van der Waals surface area contributed by atoms with Crippen LogP contribution in [0.3, 0.4) is 0 Å². The molecule has 0 spiro atoms. The molecule has 0 bridgehead atoms. The third-order valence-corrected chi connectivity index (χ3v) is 3.23. The number of nitrogens with one attached hydrogen (secondary N) is 2. The Morgan fingerprint density at radius 3 is 2.11 bits per heavy atom. The summed E-state index contributed by atoms with van der Waals surface area (Å²) in [5.74, 6) is -1.85. The van der Waals surface area contributed by atoms with Gasteiger partial charge in [0, 0.05) is 0 Å². The van der Waals surface area contributed by atoms with Crippen molar-refractivity contribution in [2.75, 3.05) is 0 Å². The fraction of sp³-hybridized carbons (Fsp3) is 0.727. The molecule has 7 nitrogen and oxygen atoms in total. The molecule has 0 aromatic carbocycles. The van der Waals surface area contributed by atoms with Gasteiger partial charge in [0.1, 0.15) is 11.6 Å². The standard InChI is InChI=1S/C11H19N3O4/c1-6(2)7(8(12)15)13-10(18)14-11(9(16)17)4-3-5-11/h6-7H,3-5H2,1-2H3,(H2,12,15)(H,16,17)(H2,13,14,18). The Kier molecular flexibility index (Phi) is 4.15. The van der Waals surface area contributed by atoms with Crippen molar-refractivity contribution in [1.29, 1.82) is 0 Å². The van der Waals surface area contributed by atoms with Crippen molar-refractivity contribution in [3.05, 3.63) is 0 Å². The highest BCUT2D eigenvalue weighted by Crippen LogP contribution is 2.31. The molecule has 1 aliphatic rings. The normalized spacial score (nSPS) is 18.6. The monoisotopic (exact) mass is 257 g/mol. The fourth-order valence-corrected chi connectivity index (χ4v) is 1.88. The van der Waals surface area contributed by atoms with Gasteiger partial charge in [-0.1, -0.05) is 13.8 Å². The van der Waals surface area contributed by atoms with E-state index in [1.807, 2.05) is 0 Å². The average Bonchev–Trinajstić information content (AvgIpc) is 2.18. The lowest BCUT2D eigenvalue weighted by molar-refractivity contribution is -0.148. The van der Waals surface area contributed by atoms with Gasteiger partial charge >= 0.3 is 12.0 Å². The first-order valence-electron chi connectivity index (χ1n) is 5.90. The highest BCUT2D eigenvalue weighted by atomic mass is 16.4. The maximum absolute atomic E-state index is 11.7. The summed E-state index contributed by atoms with van der Waals surface area (Å²) in [6.45, 7) is 3.48. The molecule has 0 heterocycles. The van der Waals surface area contributed by atoms with Gasteiger partial charge in [-0.2, -0.15) is 0 Å². The van der Waals surface area contributed by atoms with E-state index >= 15 is 0 Å². The summed E-state index contributed by atoms with van der Waals surface area (Å²) in [4.78, 5) is 33.9. The van der Waals surface area contributed by atoms with Crippen molar-refractivity contribution >= 4 is 17.9 Å². The molecule has 1 aliphatic carbocycles. The Morgan fingerprint density at radius 1 is 1.28 bits per heavy atom. The number of amides is 3. The van der Waals surface area contributed by atoms with Crippen molar-refractivity contribution in [3.8, 4) is 0 Å². The van der Waals surface area contributed by atoms with Crippen LogP contribution in [0.5, 0.6) is 0 Å². The molecule has 102 valence electrons. The van der Waals surface area contributed by atoms with Crippen molar-refractivity contribution in [1.82, 2.24) is 10.6 Å². The molecular formula is C11H19N3O4. The van der Waals surface area contributed by atoms with Crippen LogP contribution in [0.1, 0.15) is 33.1 Å². The van der Waals surface area contributed by atoms with Crippen LogP contribution >= 0.6 is 0 Å². The molecule has 0 aromatic heterocycles.